The van der Waals surface area contributed by atoms with E-state index in [4.69, 9.17) is 0 Å². The molecule has 2 aromatic rings. The molecule has 2 saturated heterocycles. The number of carbonyl (C=O) groups excluding carboxylic acids is 1. The van der Waals surface area contributed by atoms with E-state index in [0.29, 0.717) is 13.1 Å². The minimum atomic E-state index is -3.83. The summed E-state index contributed by atoms with van der Waals surface area (Å²) in [5.41, 5.74) is 1.31. The second kappa shape index (κ2) is 9.99. The Labute approximate surface area is 208 Å². The van der Waals surface area contributed by atoms with Gasteiger partial charge in [0.15, 0.2) is 0 Å². The maximum absolute atomic E-state index is 13.8. The standard InChI is InChI=1S/C27H36FN3O3S/c1-4-21-8-5-6-11-24(21)29-25(32)19-30-16-14-27(15-17-30)13-12-26(2,3)31(20-27)35(33,34)23-10-7-9-22(28)18-23/h5-11,18H,4,12-17,19-20H2,1-3H3,(H,29,32). The van der Waals surface area contributed by atoms with Crippen molar-refractivity contribution in [1.29, 1.82) is 0 Å². The van der Waals surface area contributed by atoms with Crippen molar-refractivity contribution < 1.29 is 17.6 Å². The Morgan fingerprint density at radius 3 is 2.43 bits per heavy atom. The smallest absolute Gasteiger partial charge is 0.243 e. The molecular weight excluding hydrogens is 465 g/mol. The number of carbonyl (C=O) groups is 1. The van der Waals surface area contributed by atoms with Crippen molar-refractivity contribution >= 4 is 21.6 Å². The molecule has 2 aromatic carbocycles. The molecule has 0 aromatic heterocycles. The lowest BCUT2D eigenvalue weighted by atomic mass is 9.69. The number of halogens is 1. The lowest BCUT2D eigenvalue weighted by Crippen LogP contribution is -2.59. The number of piperidine rings is 2. The summed E-state index contributed by atoms with van der Waals surface area (Å²) in [6.45, 7) is 8.20. The summed E-state index contributed by atoms with van der Waals surface area (Å²) in [4.78, 5) is 14.9. The number of amides is 1. The van der Waals surface area contributed by atoms with E-state index in [0.717, 1.165) is 62.5 Å². The average Bonchev–Trinajstić information content (AvgIpc) is 2.82. The van der Waals surface area contributed by atoms with Gasteiger partial charge in [-0.2, -0.15) is 4.31 Å². The summed E-state index contributed by atoms with van der Waals surface area (Å²) in [6, 6.07) is 13.1. The highest BCUT2D eigenvalue weighted by Gasteiger charge is 2.49. The predicted octanol–water partition coefficient (Wildman–Crippen LogP) is 4.67. The number of benzene rings is 2. The van der Waals surface area contributed by atoms with E-state index < -0.39 is 21.4 Å². The van der Waals surface area contributed by atoms with Crippen LogP contribution < -0.4 is 5.32 Å². The third kappa shape index (κ3) is 5.60. The molecule has 4 rings (SSSR count). The first kappa shape index (κ1) is 25.8. The Morgan fingerprint density at radius 2 is 1.74 bits per heavy atom. The normalized spacial score (nSPS) is 20.6. The quantitative estimate of drug-likeness (QED) is 0.625. The van der Waals surface area contributed by atoms with Gasteiger partial charge in [-0.15, -0.1) is 0 Å². The molecule has 2 aliphatic rings. The molecule has 2 fully saturated rings. The second-order valence-corrected chi connectivity index (χ2v) is 12.5. The van der Waals surface area contributed by atoms with Gasteiger partial charge in [-0.05, 0) is 94.3 Å². The third-order valence-corrected chi connectivity index (χ3v) is 9.81. The fourth-order valence-electron chi connectivity index (χ4n) is 5.40. The largest absolute Gasteiger partial charge is 0.325 e. The van der Waals surface area contributed by atoms with Gasteiger partial charge in [0.05, 0.1) is 11.4 Å². The molecule has 0 aliphatic carbocycles. The number of nitrogens with zero attached hydrogens (tertiary/aromatic N) is 2. The van der Waals surface area contributed by atoms with Gasteiger partial charge in [0.1, 0.15) is 5.82 Å². The van der Waals surface area contributed by atoms with Crippen molar-refractivity contribution in [2.24, 2.45) is 5.41 Å². The molecule has 2 aliphatic heterocycles. The fraction of sp³-hybridized carbons (Fsp3) is 0.519. The van der Waals surface area contributed by atoms with Gasteiger partial charge in [-0.3, -0.25) is 9.69 Å². The molecule has 0 unspecified atom stereocenters. The van der Waals surface area contributed by atoms with Crippen LogP contribution in [0.2, 0.25) is 0 Å². The number of aryl methyl sites for hydroxylation is 1. The van der Waals surface area contributed by atoms with Crippen molar-refractivity contribution in [2.45, 2.75) is 63.3 Å². The lowest BCUT2D eigenvalue weighted by molar-refractivity contribution is -0.118. The zero-order valence-corrected chi connectivity index (χ0v) is 21.7. The highest BCUT2D eigenvalue weighted by molar-refractivity contribution is 7.89. The molecule has 1 N–H and O–H groups in total. The Morgan fingerprint density at radius 1 is 1.03 bits per heavy atom. The Kier molecular flexibility index (Phi) is 7.36. The van der Waals surface area contributed by atoms with E-state index in [-0.39, 0.29) is 16.2 Å². The van der Waals surface area contributed by atoms with Crippen LogP contribution in [-0.4, -0.2) is 55.2 Å². The zero-order chi connectivity index (χ0) is 25.3. The number of hydrogen-bond acceptors (Lipinski definition) is 4. The van der Waals surface area contributed by atoms with Crippen LogP contribution in [0.4, 0.5) is 10.1 Å². The summed E-state index contributed by atoms with van der Waals surface area (Å²) < 4.78 is 42.4. The van der Waals surface area contributed by atoms with Gasteiger partial charge in [0.2, 0.25) is 15.9 Å². The average molecular weight is 502 g/mol. The molecule has 1 spiro atoms. The van der Waals surface area contributed by atoms with Gasteiger partial charge in [0.25, 0.3) is 0 Å². The van der Waals surface area contributed by atoms with E-state index in [2.05, 4.69) is 17.1 Å². The van der Waals surface area contributed by atoms with Gasteiger partial charge >= 0.3 is 0 Å². The summed E-state index contributed by atoms with van der Waals surface area (Å²) in [5.74, 6) is -0.578. The molecule has 1 amide bonds. The van der Waals surface area contributed by atoms with Gasteiger partial charge in [0, 0.05) is 17.8 Å². The summed E-state index contributed by atoms with van der Waals surface area (Å²) >= 11 is 0. The van der Waals surface area contributed by atoms with Gasteiger partial charge in [-0.25, -0.2) is 12.8 Å². The summed E-state index contributed by atoms with van der Waals surface area (Å²) in [7, 11) is -3.83. The number of sulfonamides is 1. The van der Waals surface area contributed by atoms with Crippen LogP contribution >= 0.6 is 0 Å². The van der Waals surface area contributed by atoms with Crippen LogP contribution in [0.5, 0.6) is 0 Å². The second-order valence-electron chi connectivity index (χ2n) is 10.6. The fourth-order valence-corrected chi connectivity index (χ4v) is 7.35. The monoisotopic (exact) mass is 501 g/mol. The van der Waals surface area contributed by atoms with Crippen molar-refractivity contribution in [3.8, 4) is 0 Å². The van der Waals surface area contributed by atoms with E-state index >= 15 is 0 Å². The van der Waals surface area contributed by atoms with E-state index in [1.807, 2.05) is 38.1 Å². The highest BCUT2D eigenvalue weighted by Crippen LogP contribution is 2.46. The first-order valence-electron chi connectivity index (χ1n) is 12.4. The van der Waals surface area contributed by atoms with Crippen LogP contribution in [0, 0.1) is 11.2 Å². The number of para-hydroxylation sites is 1. The van der Waals surface area contributed by atoms with E-state index in [9.17, 15) is 17.6 Å². The molecule has 0 saturated carbocycles. The maximum Gasteiger partial charge on any atom is 0.243 e. The molecule has 0 radical (unpaired) electrons. The number of hydrogen-bond donors (Lipinski definition) is 1. The van der Waals surface area contributed by atoms with Crippen molar-refractivity contribution in [2.75, 3.05) is 31.5 Å². The van der Waals surface area contributed by atoms with E-state index in [1.54, 1.807) is 4.31 Å². The SMILES string of the molecule is CCc1ccccc1NC(=O)CN1CCC2(CC1)CCC(C)(C)N(S(=O)(=O)c1cccc(F)c1)C2. The summed E-state index contributed by atoms with van der Waals surface area (Å²) in [6.07, 6.45) is 4.21. The molecule has 0 bridgehead atoms. The van der Waals surface area contributed by atoms with Crippen LogP contribution in [-0.2, 0) is 21.2 Å². The molecule has 8 heteroatoms. The van der Waals surface area contributed by atoms with Gasteiger partial charge < -0.3 is 5.32 Å². The van der Waals surface area contributed by atoms with Crippen molar-refractivity contribution in [3.05, 3.63) is 59.9 Å². The first-order chi connectivity index (χ1) is 16.5. The van der Waals surface area contributed by atoms with E-state index in [1.165, 1.54) is 18.2 Å². The van der Waals surface area contributed by atoms with Crippen molar-refractivity contribution in [3.63, 3.8) is 0 Å². The minimum Gasteiger partial charge on any atom is -0.325 e. The Balaban J connectivity index is 1.41. The predicted molar refractivity (Wildman–Crippen MR) is 136 cm³/mol. The number of nitrogens with one attached hydrogen (secondary N) is 1. The van der Waals surface area contributed by atoms with Crippen LogP contribution in [0.3, 0.4) is 0 Å². The first-order valence-corrected chi connectivity index (χ1v) is 13.9. The topological polar surface area (TPSA) is 69.7 Å². The molecule has 6 nitrogen and oxygen atoms in total. The maximum atomic E-state index is 13.8. The number of anilines is 1. The molecular formula is C27H36FN3O3S. The number of rotatable bonds is 6. The Bertz CT molecular complexity index is 1170. The molecule has 2 heterocycles. The van der Waals surface area contributed by atoms with Gasteiger partial charge in [-0.1, -0.05) is 31.2 Å². The minimum absolute atomic E-state index is 0.00379. The lowest BCUT2D eigenvalue weighted by Gasteiger charge is -2.53. The van der Waals surface area contributed by atoms with Crippen molar-refractivity contribution in [1.82, 2.24) is 9.21 Å². The summed E-state index contributed by atoms with van der Waals surface area (Å²) in [5, 5.41) is 3.04. The van der Waals surface area contributed by atoms with Crippen LogP contribution in [0.25, 0.3) is 0 Å². The number of likely N-dealkylation sites (tertiary alicyclic amines) is 1. The third-order valence-electron chi connectivity index (χ3n) is 7.76. The Hall–Kier alpha value is -2.29. The zero-order valence-electron chi connectivity index (χ0n) is 20.9. The van der Waals surface area contributed by atoms with Crippen LogP contribution in [0.1, 0.15) is 52.0 Å². The molecule has 0 atom stereocenters. The molecule has 190 valence electrons. The van der Waals surface area contributed by atoms with Crippen LogP contribution in [0.15, 0.2) is 53.4 Å². The highest BCUT2D eigenvalue weighted by atomic mass is 32.2. The molecule has 35 heavy (non-hydrogen) atoms.